The molecule has 0 radical (unpaired) electrons. The molecule has 0 saturated carbocycles. The molecule has 0 aliphatic carbocycles. The van der Waals surface area contributed by atoms with Crippen LogP contribution in [0.4, 0.5) is 0 Å². The average molecular weight is 467 g/mol. The van der Waals surface area contributed by atoms with Crippen molar-refractivity contribution in [3.8, 4) is 11.5 Å². The summed E-state index contributed by atoms with van der Waals surface area (Å²) in [5, 5.41) is 0. The quantitative estimate of drug-likeness (QED) is 0.452. The molecule has 0 N–H and O–H groups in total. The number of hydrogen-bond acceptors (Lipinski definition) is 8. The Kier molecular flexibility index (Phi) is 6.03. The topological polar surface area (TPSA) is 108 Å². The van der Waals surface area contributed by atoms with Gasteiger partial charge in [-0.2, -0.15) is 0 Å². The Morgan fingerprint density at radius 1 is 1.03 bits per heavy atom. The molecule has 2 aliphatic rings. The molecule has 2 aliphatic heterocycles. The van der Waals surface area contributed by atoms with E-state index in [0.29, 0.717) is 17.1 Å². The van der Waals surface area contributed by atoms with Crippen LogP contribution < -0.4 is 9.47 Å². The van der Waals surface area contributed by atoms with Crippen LogP contribution in [0.15, 0.2) is 42.5 Å². The Morgan fingerprint density at radius 2 is 1.65 bits per heavy atom. The van der Waals surface area contributed by atoms with Gasteiger partial charge in [0, 0.05) is 12.0 Å². The van der Waals surface area contributed by atoms with Crippen molar-refractivity contribution in [1.29, 1.82) is 0 Å². The second-order valence-electron chi connectivity index (χ2n) is 8.85. The van der Waals surface area contributed by atoms with E-state index in [1.807, 2.05) is 0 Å². The molecule has 178 valence electrons. The normalized spacial score (nSPS) is 19.5. The summed E-state index contributed by atoms with van der Waals surface area (Å²) in [6, 6.07) is 11.3. The lowest BCUT2D eigenvalue weighted by Crippen LogP contribution is -2.40. The van der Waals surface area contributed by atoms with Crippen LogP contribution in [0.25, 0.3) is 0 Å². The molecule has 9 heteroatoms. The number of benzene rings is 2. The molecule has 0 spiro atoms. The van der Waals surface area contributed by atoms with E-state index in [0.717, 1.165) is 4.90 Å². The van der Waals surface area contributed by atoms with Crippen molar-refractivity contribution >= 4 is 23.8 Å². The predicted molar refractivity (Wildman–Crippen MR) is 119 cm³/mol. The first-order valence-corrected chi connectivity index (χ1v) is 10.7. The van der Waals surface area contributed by atoms with Gasteiger partial charge in [0.2, 0.25) is 6.10 Å². The number of ether oxygens (including phenoxy) is 4. The van der Waals surface area contributed by atoms with Gasteiger partial charge >= 0.3 is 11.9 Å². The van der Waals surface area contributed by atoms with Crippen molar-refractivity contribution in [2.24, 2.45) is 5.41 Å². The minimum absolute atomic E-state index is 0.114. The van der Waals surface area contributed by atoms with E-state index in [4.69, 9.17) is 18.9 Å². The molecule has 0 bridgehead atoms. The molecular weight excluding hydrogens is 442 g/mol. The Bertz CT molecular complexity index is 1140. The van der Waals surface area contributed by atoms with Gasteiger partial charge in [-0.1, -0.05) is 32.0 Å². The van der Waals surface area contributed by atoms with Gasteiger partial charge in [-0.05, 0) is 29.8 Å². The van der Waals surface area contributed by atoms with Gasteiger partial charge in [-0.25, -0.2) is 4.79 Å². The van der Waals surface area contributed by atoms with Crippen LogP contribution in [0.1, 0.15) is 46.0 Å². The number of imide groups is 1. The van der Waals surface area contributed by atoms with Crippen molar-refractivity contribution in [3.63, 3.8) is 0 Å². The van der Waals surface area contributed by atoms with Gasteiger partial charge in [0.1, 0.15) is 12.5 Å². The smallest absolute Gasteiger partial charge is 0.348 e. The number of cyclic esters (lactones) is 1. The highest BCUT2D eigenvalue weighted by Crippen LogP contribution is 2.36. The molecule has 4 rings (SSSR count). The molecule has 2 aromatic carbocycles. The lowest BCUT2D eigenvalue weighted by molar-refractivity contribution is -0.164. The highest BCUT2D eigenvalue weighted by atomic mass is 16.6. The minimum atomic E-state index is -1.11. The number of esters is 2. The number of amides is 2. The standard InChI is InChI=1S/C25H25NO8/c1-25(2)13-33-24(30)20(25)34-23(29)17(14-9-10-18(31-3)19(11-14)32-4)12-26-21(27)15-7-5-6-8-16(15)22(26)28/h5-11,17,20H,12-13H2,1-4H3/t17-,20-/m0/s1. The van der Waals surface area contributed by atoms with E-state index in [9.17, 15) is 19.2 Å². The van der Waals surface area contributed by atoms with Crippen molar-refractivity contribution in [2.75, 3.05) is 27.4 Å². The van der Waals surface area contributed by atoms with E-state index in [2.05, 4.69) is 0 Å². The summed E-state index contributed by atoms with van der Waals surface area (Å²) in [5.74, 6) is -2.67. The summed E-state index contributed by atoms with van der Waals surface area (Å²) in [5.41, 5.74) is 0.257. The highest BCUT2D eigenvalue weighted by Gasteiger charge is 2.48. The number of nitrogens with zero attached hydrogens (tertiary/aromatic N) is 1. The highest BCUT2D eigenvalue weighted by molar-refractivity contribution is 6.21. The largest absolute Gasteiger partial charge is 0.493 e. The molecule has 0 aromatic heterocycles. The maximum absolute atomic E-state index is 13.4. The van der Waals surface area contributed by atoms with Crippen LogP contribution >= 0.6 is 0 Å². The SMILES string of the molecule is COc1ccc([C@H](CN2C(=O)c3ccccc3C2=O)C(=O)O[C@H]2C(=O)OCC2(C)C)cc1OC. The summed E-state index contributed by atoms with van der Waals surface area (Å²) in [6.07, 6.45) is -1.11. The fraction of sp³-hybridized carbons (Fsp3) is 0.360. The molecule has 2 amide bonds. The second kappa shape index (κ2) is 8.81. The van der Waals surface area contributed by atoms with Gasteiger partial charge in [0.25, 0.3) is 11.8 Å². The third-order valence-electron chi connectivity index (χ3n) is 6.08. The zero-order valence-corrected chi connectivity index (χ0v) is 19.3. The lowest BCUT2D eigenvalue weighted by atomic mass is 9.89. The van der Waals surface area contributed by atoms with Crippen LogP contribution in [-0.4, -0.2) is 62.1 Å². The van der Waals surface area contributed by atoms with Crippen LogP contribution in [0.2, 0.25) is 0 Å². The Labute approximate surface area is 196 Å². The van der Waals surface area contributed by atoms with Gasteiger partial charge < -0.3 is 18.9 Å². The second-order valence-corrected chi connectivity index (χ2v) is 8.85. The molecule has 2 aromatic rings. The predicted octanol–water partition coefficient (Wildman–Crippen LogP) is 2.58. The number of fused-ring (bicyclic) bond motifs is 1. The van der Waals surface area contributed by atoms with Gasteiger partial charge in [-0.3, -0.25) is 19.3 Å². The minimum Gasteiger partial charge on any atom is -0.493 e. The van der Waals surface area contributed by atoms with Crippen LogP contribution in [-0.2, 0) is 19.1 Å². The van der Waals surface area contributed by atoms with E-state index < -0.39 is 41.2 Å². The van der Waals surface area contributed by atoms with Gasteiger partial charge in [0.15, 0.2) is 11.5 Å². The molecule has 1 fully saturated rings. The molecule has 2 atom stereocenters. The fourth-order valence-corrected chi connectivity index (χ4v) is 4.11. The van der Waals surface area contributed by atoms with Gasteiger partial charge in [-0.15, -0.1) is 0 Å². The Hall–Kier alpha value is -3.88. The third kappa shape index (κ3) is 3.98. The van der Waals surface area contributed by atoms with Crippen LogP contribution in [0.5, 0.6) is 11.5 Å². The molecule has 9 nitrogen and oxygen atoms in total. The molecule has 34 heavy (non-hydrogen) atoms. The molecule has 0 unspecified atom stereocenters. The first kappa shape index (κ1) is 23.3. The molecular formula is C25H25NO8. The number of carbonyl (C=O) groups excluding carboxylic acids is 4. The van der Waals surface area contributed by atoms with E-state index >= 15 is 0 Å². The van der Waals surface area contributed by atoms with Crippen molar-refractivity contribution < 1.29 is 38.1 Å². The number of methoxy groups -OCH3 is 2. The Morgan fingerprint density at radius 3 is 2.18 bits per heavy atom. The summed E-state index contributed by atoms with van der Waals surface area (Å²) in [6.45, 7) is 3.35. The van der Waals surface area contributed by atoms with E-state index in [1.165, 1.54) is 14.2 Å². The van der Waals surface area contributed by atoms with E-state index in [1.54, 1.807) is 56.3 Å². The maximum atomic E-state index is 13.4. The zero-order chi connectivity index (χ0) is 24.6. The van der Waals surface area contributed by atoms with Crippen LogP contribution in [0.3, 0.4) is 0 Å². The van der Waals surface area contributed by atoms with E-state index in [-0.39, 0.29) is 24.3 Å². The maximum Gasteiger partial charge on any atom is 0.348 e. The van der Waals surface area contributed by atoms with Crippen molar-refractivity contribution in [3.05, 3.63) is 59.2 Å². The monoisotopic (exact) mass is 467 g/mol. The van der Waals surface area contributed by atoms with Crippen molar-refractivity contribution in [2.45, 2.75) is 25.9 Å². The molecule has 2 heterocycles. The summed E-state index contributed by atoms with van der Waals surface area (Å²) in [7, 11) is 2.94. The lowest BCUT2D eigenvalue weighted by Gasteiger charge is -2.26. The Balaban J connectivity index is 1.69. The molecule has 1 saturated heterocycles. The summed E-state index contributed by atoms with van der Waals surface area (Å²) >= 11 is 0. The van der Waals surface area contributed by atoms with Crippen LogP contribution in [0, 0.1) is 5.41 Å². The first-order chi connectivity index (χ1) is 16.2. The summed E-state index contributed by atoms with van der Waals surface area (Å²) in [4.78, 5) is 52.5. The summed E-state index contributed by atoms with van der Waals surface area (Å²) < 4.78 is 21.3. The number of rotatable bonds is 7. The fourth-order valence-electron chi connectivity index (χ4n) is 4.11. The average Bonchev–Trinajstić information content (AvgIpc) is 3.23. The third-order valence-corrected chi connectivity index (χ3v) is 6.08. The van der Waals surface area contributed by atoms with Gasteiger partial charge in [0.05, 0.1) is 25.3 Å². The number of hydrogen-bond donors (Lipinski definition) is 0. The first-order valence-electron chi connectivity index (χ1n) is 10.7. The number of carbonyl (C=O) groups is 4. The van der Waals surface area contributed by atoms with Crippen molar-refractivity contribution in [1.82, 2.24) is 4.90 Å². The zero-order valence-electron chi connectivity index (χ0n) is 19.3.